The van der Waals surface area contributed by atoms with Crippen LogP contribution in [0.15, 0.2) is 24.0 Å². The number of carbonyl (C=O) groups is 2. The number of nitrogens with zero attached hydrogens (tertiary/aromatic N) is 1. The molecule has 20 heavy (non-hydrogen) atoms. The lowest BCUT2D eigenvalue weighted by molar-refractivity contribution is -0.146. The number of carbonyl (C=O) groups excluding carboxylic acids is 2. The van der Waals surface area contributed by atoms with Gasteiger partial charge in [-0.3, -0.25) is 4.79 Å². The van der Waals surface area contributed by atoms with Crippen molar-refractivity contribution in [3.8, 4) is 0 Å². The molecule has 2 heterocycles. The third-order valence-electron chi connectivity index (χ3n) is 3.26. The van der Waals surface area contributed by atoms with Gasteiger partial charge in [0.2, 0.25) is 0 Å². The summed E-state index contributed by atoms with van der Waals surface area (Å²) in [7, 11) is 1.37. The van der Waals surface area contributed by atoms with Crippen molar-refractivity contribution in [2.45, 2.75) is 38.5 Å². The average molecular weight is 281 g/mol. The highest BCUT2D eigenvalue weighted by molar-refractivity contribution is 5.88. The summed E-state index contributed by atoms with van der Waals surface area (Å²) >= 11 is 0. The number of rotatable bonds is 4. The zero-order valence-electron chi connectivity index (χ0n) is 11.7. The fourth-order valence-corrected chi connectivity index (χ4v) is 2.26. The predicted octanol–water partition coefficient (Wildman–Crippen LogP) is 1.33. The van der Waals surface area contributed by atoms with Crippen LogP contribution in [0.1, 0.15) is 26.2 Å². The number of allylic oxidation sites excluding steroid dienone is 1. The second-order valence-electron chi connectivity index (χ2n) is 4.77. The van der Waals surface area contributed by atoms with Gasteiger partial charge in [0.1, 0.15) is 12.8 Å². The van der Waals surface area contributed by atoms with Crippen LogP contribution in [0.2, 0.25) is 0 Å². The van der Waals surface area contributed by atoms with Crippen LogP contribution in [0, 0.1) is 0 Å². The molecule has 1 fully saturated rings. The van der Waals surface area contributed by atoms with E-state index in [2.05, 4.69) is 0 Å². The van der Waals surface area contributed by atoms with E-state index in [9.17, 15) is 9.59 Å². The van der Waals surface area contributed by atoms with Crippen molar-refractivity contribution in [3.63, 3.8) is 0 Å². The summed E-state index contributed by atoms with van der Waals surface area (Å²) in [5.74, 6) is -0.628. The first-order chi connectivity index (χ1) is 9.60. The Labute approximate surface area is 118 Å². The smallest absolute Gasteiger partial charge is 0.335 e. The van der Waals surface area contributed by atoms with Gasteiger partial charge >= 0.3 is 11.9 Å². The minimum Gasteiger partial charge on any atom is -0.466 e. The van der Waals surface area contributed by atoms with Crippen LogP contribution in [0.25, 0.3) is 0 Å². The number of ether oxygens (including phenoxy) is 3. The Kier molecular flexibility index (Phi) is 4.79. The first-order valence-electron chi connectivity index (χ1n) is 6.62. The van der Waals surface area contributed by atoms with Crippen LogP contribution >= 0.6 is 0 Å². The molecule has 6 nitrogen and oxygen atoms in total. The molecule has 110 valence electrons. The Hall–Kier alpha value is -1.82. The maximum Gasteiger partial charge on any atom is 0.335 e. The molecule has 0 aromatic rings. The lowest BCUT2D eigenvalue weighted by Gasteiger charge is -2.27. The molecule has 0 N–H and O–H groups in total. The van der Waals surface area contributed by atoms with Gasteiger partial charge in [0, 0.05) is 25.7 Å². The van der Waals surface area contributed by atoms with Crippen LogP contribution in [-0.4, -0.2) is 42.9 Å². The van der Waals surface area contributed by atoms with E-state index in [1.54, 1.807) is 6.20 Å². The van der Waals surface area contributed by atoms with Crippen molar-refractivity contribution in [2.75, 3.05) is 13.7 Å². The largest absolute Gasteiger partial charge is 0.466 e. The molecule has 0 amide bonds. The molecule has 2 aliphatic rings. The lowest BCUT2D eigenvalue weighted by atomic mass is 10.1. The highest BCUT2D eigenvalue weighted by Crippen LogP contribution is 2.26. The van der Waals surface area contributed by atoms with E-state index in [0.29, 0.717) is 12.0 Å². The van der Waals surface area contributed by atoms with Gasteiger partial charge in [-0.1, -0.05) is 6.08 Å². The van der Waals surface area contributed by atoms with Crippen LogP contribution in [0.5, 0.6) is 0 Å². The molecule has 2 rings (SSSR count). The number of esters is 2. The molecule has 0 aromatic carbocycles. The van der Waals surface area contributed by atoms with Gasteiger partial charge in [-0.05, 0) is 12.8 Å². The van der Waals surface area contributed by atoms with Crippen molar-refractivity contribution >= 4 is 11.9 Å². The Bertz CT molecular complexity index is 443. The quantitative estimate of drug-likeness (QED) is 0.724. The van der Waals surface area contributed by atoms with Crippen molar-refractivity contribution in [3.05, 3.63) is 24.0 Å². The second kappa shape index (κ2) is 6.56. The monoisotopic (exact) mass is 281 g/mol. The standard InChI is InChI=1S/C14H19NO5/c1-10(16)19-9-12-5-6-13(20-12)15-7-3-4-11(8-15)14(17)18-2/h3,7-8,12-13H,4-6,9H2,1-2H3. The van der Waals surface area contributed by atoms with Crippen molar-refractivity contribution < 1.29 is 23.8 Å². The predicted molar refractivity (Wildman–Crippen MR) is 70.2 cm³/mol. The van der Waals surface area contributed by atoms with E-state index in [1.807, 2.05) is 17.2 Å². The first kappa shape index (κ1) is 14.6. The van der Waals surface area contributed by atoms with Gasteiger partial charge in [0.25, 0.3) is 0 Å². The zero-order valence-corrected chi connectivity index (χ0v) is 11.7. The molecule has 2 unspecified atom stereocenters. The van der Waals surface area contributed by atoms with Gasteiger partial charge in [0.15, 0.2) is 0 Å². The Morgan fingerprint density at radius 2 is 2.25 bits per heavy atom. The molecule has 0 radical (unpaired) electrons. The van der Waals surface area contributed by atoms with Crippen molar-refractivity contribution in [1.82, 2.24) is 4.90 Å². The van der Waals surface area contributed by atoms with Crippen molar-refractivity contribution in [1.29, 1.82) is 0 Å². The van der Waals surface area contributed by atoms with Crippen LogP contribution in [0.4, 0.5) is 0 Å². The van der Waals surface area contributed by atoms with Gasteiger partial charge in [-0.15, -0.1) is 0 Å². The third-order valence-corrected chi connectivity index (χ3v) is 3.26. The van der Waals surface area contributed by atoms with E-state index in [-0.39, 0.29) is 30.9 Å². The molecule has 2 aliphatic heterocycles. The Morgan fingerprint density at radius 3 is 2.95 bits per heavy atom. The molecule has 1 saturated heterocycles. The van der Waals surface area contributed by atoms with E-state index in [4.69, 9.17) is 14.2 Å². The number of hydrogen-bond acceptors (Lipinski definition) is 6. The first-order valence-corrected chi connectivity index (χ1v) is 6.62. The molecule has 0 saturated carbocycles. The summed E-state index contributed by atoms with van der Waals surface area (Å²) in [5, 5.41) is 0. The summed E-state index contributed by atoms with van der Waals surface area (Å²) < 4.78 is 15.5. The molecule has 0 bridgehead atoms. The summed E-state index contributed by atoms with van der Waals surface area (Å²) in [6, 6.07) is 0. The van der Waals surface area contributed by atoms with Crippen molar-refractivity contribution in [2.24, 2.45) is 0 Å². The highest BCUT2D eigenvalue weighted by atomic mass is 16.6. The van der Waals surface area contributed by atoms with E-state index in [1.165, 1.54) is 14.0 Å². The SMILES string of the molecule is COC(=O)C1=CN(C2CCC(COC(C)=O)O2)C=CC1. The summed E-state index contributed by atoms with van der Waals surface area (Å²) in [6.07, 6.45) is 7.53. The molecule has 0 aliphatic carbocycles. The zero-order chi connectivity index (χ0) is 14.5. The summed E-state index contributed by atoms with van der Waals surface area (Å²) in [6.45, 7) is 1.65. The average Bonchev–Trinajstić information content (AvgIpc) is 2.93. The third kappa shape index (κ3) is 3.60. The Balaban J connectivity index is 1.91. The summed E-state index contributed by atoms with van der Waals surface area (Å²) in [5.41, 5.74) is 0.599. The van der Waals surface area contributed by atoms with E-state index >= 15 is 0 Å². The highest BCUT2D eigenvalue weighted by Gasteiger charge is 2.30. The molecular weight excluding hydrogens is 262 g/mol. The molecule has 0 spiro atoms. The van der Waals surface area contributed by atoms with Gasteiger partial charge in [-0.2, -0.15) is 0 Å². The van der Waals surface area contributed by atoms with E-state index < -0.39 is 0 Å². The maximum atomic E-state index is 11.5. The minimum absolute atomic E-state index is 0.0887. The van der Waals surface area contributed by atoms with Gasteiger partial charge in [-0.25, -0.2) is 4.79 Å². The van der Waals surface area contributed by atoms with Crippen LogP contribution in [0.3, 0.4) is 0 Å². The maximum absolute atomic E-state index is 11.5. The minimum atomic E-state index is -0.325. The lowest BCUT2D eigenvalue weighted by Crippen LogP contribution is -2.30. The molecule has 6 heteroatoms. The van der Waals surface area contributed by atoms with Gasteiger partial charge in [0.05, 0.1) is 18.8 Å². The Morgan fingerprint density at radius 1 is 1.45 bits per heavy atom. The molecule has 0 aromatic heterocycles. The fourth-order valence-electron chi connectivity index (χ4n) is 2.26. The van der Waals surface area contributed by atoms with Gasteiger partial charge < -0.3 is 19.1 Å². The van der Waals surface area contributed by atoms with Crippen LogP contribution in [-0.2, 0) is 23.8 Å². The van der Waals surface area contributed by atoms with Crippen LogP contribution < -0.4 is 0 Å². The summed E-state index contributed by atoms with van der Waals surface area (Å²) in [4.78, 5) is 24.2. The number of methoxy groups -OCH3 is 1. The molecule has 2 atom stereocenters. The normalized spacial score (nSPS) is 25.3. The fraction of sp³-hybridized carbons (Fsp3) is 0.571. The second-order valence-corrected chi connectivity index (χ2v) is 4.77. The number of hydrogen-bond donors (Lipinski definition) is 0. The molecular formula is C14H19NO5. The topological polar surface area (TPSA) is 65.1 Å². The van der Waals surface area contributed by atoms with E-state index in [0.717, 1.165) is 12.8 Å².